The summed E-state index contributed by atoms with van der Waals surface area (Å²) in [5.74, 6) is -0.955. The maximum Gasteiger partial charge on any atom is 0.265 e. The fourth-order valence-corrected chi connectivity index (χ4v) is 3.74. The van der Waals surface area contributed by atoms with Gasteiger partial charge in [-0.1, -0.05) is 0 Å². The smallest absolute Gasteiger partial charge is 0.207 e. The van der Waals surface area contributed by atoms with Gasteiger partial charge in [-0.2, -0.15) is 5.26 Å². The van der Waals surface area contributed by atoms with E-state index in [-0.39, 0.29) is 9.13 Å². The fourth-order valence-electron chi connectivity index (χ4n) is 0.842. The Morgan fingerprint density at radius 3 is 2.50 bits per heavy atom. The summed E-state index contributed by atoms with van der Waals surface area (Å²) < 4.78 is 35.0. The highest BCUT2D eigenvalue weighted by atomic mass is 127. The predicted octanol–water partition coefficient (Wildman–Crippen LogP) is 2.23. The minimum absolute atomic E-state index is 0.0000926. The summed E-state index contributed by atoms with van der Waals surface area (Å²) in [7, 11) is 0.858. The first-order chi connectivity index (χ1) is 6.38. The molecule has 1 aromatic carbocycles. The molecule has 0 heterocycles. The fraction of sp³-hybridized carbons (Fsp3) is 0. The molecule has 0 N–H and O–H groups in total. The van der Waals surface area contributed by atoms with E-state index in [4.69, 9.17) is 15.9 Å². The molecule has 0 saturated carbocycles. The molecule has 1 rings (SSSR count). The zero-order valence-corrected chi connectivity index (χ0v) is 10.2. The van der Waals surface area contributed by atoms with Crippen LogP contribution in [0.25, 0.3) is 0 Å². The molecule has 0 aliphatic rings. The van der Waals surface area contributed by atoms with Gasteiger partial charge in [0.1, 0.15) is 16.8 Å². The van der Waals surface area contributed by atoms with Gasteiger partial charge in [0.25, 0.3) is 9.05 Å². The van der Waals surface area contributed by atoms with Crippen molar-refractivity contribution in [2.75, 3.05) is 0 Å². The zero-order valence-electron chi connectivity index (χ0n) is 6.46. The largest absolute Gasteiger partial charge is 0.265 e. The van der Waals surface area contributed by atoms with E-state index in [2.05, 4.69) is 0 Å². The normalized spacial score (nSPS) is 11.0. The highest BCUT2D eigenvalue weighted by molar-refractivity contribution is 14.1. The molecule has 0 saturated heterocycles. The van der Waals surface area contributed by atoms with Gasteiger partial charge in [0, 0.05) is 10.7 Å². The highest BCUT2D eigenvalue weighted by Gasteiger charge is 2.22. The van der Waals surface area contributed by atoms with Crippen molar-refractivity contribution in [3.05, 3.63) is 27.1 Å². The Labute approximate surface area is 98.0 Å². The molecule has 0 atom stereocenters. The van der Waals surface area contributed by atoms with Gasteiger partial charge in [0.2, 0.25) is 0 Å². The summed E-state index contributed by atoms with van der Waals surface area (Å²) in [6.07, 6.45) is 0. The first-order valence-corrected chi connectivity index (χ1v) is 6.59. The van der Waals surface area contributed by atoms with E-state index in [0.717, 1.165) is 6.07 Å². The van der Waals surface area contributed by atoms with Gasteiger partial charge in [-0.15, -0.1) is 0 Å². The Morgan fingerprint density at radius 1 is 1.50 bits per heavy atom. The van der Waals surface area contributed by atoms with Gasteiger partial charge < -0.3 is 0 Å². The third-order valence-electron chi connectivity index (χ3n) is 1.41. The molecule has 0 aromatic heterocycles. The van der Waals surface area contributed by atoms with Gasteiger partial charge in [0.05, 0.1) is 9.13 Å². The summed E-state index contributed by atoms with van der Waals surface area (Å²) >= 11 is 1.57. The lowest BCUT2D eigenvalue weighted by atomic mass is 10.2. The first-order valence-electron chi connectivity index (χ1n) is 3.20. The maximum absolute atomic E-state index is 13.1. The minimum Gasteiger partial charge on any atom is -0.207 e. The van der Waals surface area contributed by atoms with Crippen LogP contribution in [0.3, 0.4) is 0 Å². The van der Waals surface area contributed by atoms with Gasteiger partial charge >= 0.3 is 0 Å². The van der Waals surface area contributed by atoms with Crippen LogP contribution in [0.5, 0.6) is 0 Å². The van der Waals surface area contributed by atoms with Crippen molar-refractivity contribution in [1.82, 2.24) is 0 Å². The summed E-state index contributed by atoms with van der Waals surface area (Å²) in [5.41, 5.74) is 0.0752. The van der Waals surface area contributed by atoms with Gasteiger partial charge in [-0.25, -0.2) is 12.8 Å². The molecule has 14 heavy (non-hydrogen) atoms. The van der Waals surface area contributed by atoms with Crippen LogP contribution < -0.4 is 0 Å². The molecule has 3 nitrogen and oxygen atoms in total. The molecule has 1 aromatic rings. The molecule has 7 heteroatoms. The monoisotopic (exact) mass is 345 g/mol. The number of benzene rings is 1. The van der Waals surface area contributed by atoms with Crippen molar-refractivity contribution in [2.45, 2.75) is 4.90 Å². The Bertz CT molecular complexity index is 523. The van der Waals surface area contributed by atoms with Crippen molar-refractivity contribution in [1.29, 1.82) is 5.26 Å². The quantitative estimate of drug-likeness (QED) is 0.579. The number of hydrogen-bond acceptors (Lipinski definition) is 3. The van der Waals surface area contributed by atoms with E-state index in [0.29, 0.717) is 0 Å². The van der Waals surface area contributed by atoms with E-state index >= 15 is 0 Å². The third-order valence-corrected chi connectivity index (χ3v) is 4.25. The standard InChI is InChI=1S/C7H2ClFINO2S/c8-14(12,13)7-5(9)2-1-4(3-11)6(7)10/h1-2H. The number of nitrogens with zero attached hydrogens (tertiary/aromatic N) is 1. The van der Waals surface area contributed by atoms with Crippen LogP contribution in [-0.4, -0.2) is 8.42 Å². The predicted molar refractivity (Wildman–Crippen MR) is 56.9 cm³/mol. The average Bonchev–Trinajstić information content (AvgIpc) is 2.02. The summed E-state index contributed by atoms with van der Waals surface area (Å²) in [6, 6.07) is 3.83. The molecule has 0 aliphatic heterocycles. The Kier molecular flexibility index (Phi) is 3.34. The third kappa shape index (κ3) is 2.16. The van der Waals surface area contributed by atoms with Crippen LogP contribution >= 0.6 is 33.3 Å². The van der Waals surface area contributed by atoms with E-state index in [1.807, 2.05) is 0 Å². The van der Waals surface area contributed by atoms with E-state index in [1.165, 1.54) is 6.07 Å². The zero-order chi connectivity index (χ0) is 10.9. The first kappa shape index (κ1) is 11.7. The Morgan fingerprint density at radius 2 is 2.07 bits per heavy atom. The molecule has 74 valence electrons. The SMILES string of the molecule is N#Cc1ccc(F)c(S(=O)(=O)Cl)c1I. The number of halogens is 3. The number of nitriles is 1. The van der Waals surface area contributed by atoms with E-state index in [9.17, 15) is 12.8 Å². The molecule has 0 spiro atoms. The van der Waals surface area contributed by atoms with Crippen LogP contribution in [0.1, 0.15) is 5.56 Å². The second kappa shape index (κ2) is 4.00. The lowest BCUT2D eigenvalue weighted by Gasteiger charge is -2.02. The van der Waals surface area contributed by atoms with Gasteiger partial charge in [-0.3, -0.25) is 0 Å². The molecule has 0 fully saturated rings. The Balaban J connectivity index is 3.68. The van der Waals surface area contributed by atoms with Crippen LogP contribution in [0, 0.1) is 20.7 Å². The summed E-state index contributed by atoms with van der Waals surface area (Å²) in [5, 5.41) is 8.58. The van der Waals surface area contributed by atoms with Crippen molar-refractivity contribution in [3.63, 3.8) is 0 Å². The Hall–Kier alpha value is -0.390. The second-order valence-corrected chi connectivity index (χ2v) is 5.87. The van der Waals surface area contributed by atoms with Crippen LogP contribution in [0.4, 0.5) is 4.39 Å². The van der Waals surface area contributed by atoms with Crippen LogP contribution in [0.2, 0.25) is 0 Å². The molecule has 0 aliphatic carbocycles. The maximum atomic E-state index is 13.1. The van der Waals surface area contributed by atoms with Crippen molar-refractivity contribution in [3.8, 4) is 6.07 Å². The average molecular weight is 346 g/mol. The second-order valence-electron chi connectivity index (χ2n) is 2.29. The van der Waals surface area contributed by atoms with E-state index in [1.54, 1.807) is 28.7 Å². The van der Waals surface area contributed by atoms with Crippen molar-refractivity contribution in [2.24, 2.45) is 0 Å². The topological polar surface area (TPSA) is 57.9 Å². The van der Waals surface area contributed by atoms with Gasteiger partial charge in [0.15, 0.2) is 0 Å². The molecular formula is C7H2ClFINO2S. The van der Waals surface area contributed by atoms with Crippen LogP contribution in [0.15, 0.2) is 17.0 Å². The molecule has 0 unspecified atom stereocenters. The molecule has 0 amide bonds. The lowest BCUT2D eigenvalue weighted by molar-refractivity contribution is 0.573. The molecule has 0 radical (unpaired) electrons. The summed E-state index contributed by atoms with van der Waals surface area (Å²) in [6.45, 7) is 0. The van der Waals surface area contributed by atoms with Gasteiger partial charge in [-0.05, 0) is 34.7 Å². The number of hydrogen-bond donors (Lipinski definition) is 0. The van der Waals surface area contributed by atoms with Crippen molar-refractivity contribution < 1.29 is 12.8 Å². The lowest BCUT2D eigenvalue weighted by Crippen LogP contribution is -2.01. The molecular weight excluding hydrogens is 344 g/mol. The summed E-state index contributed by atoms with van der Waals surface area (Å²) in [4.78, 5) is -0.640. The number of rotatable bonds is 1. The van der Waals surface area contributed by atoms with Crippen molar-refractivity contribution >= 4 is 42.3 Å². The minimum atomic E-state index is -4.16. The molecule has 0 bridgehead atoms. The highest BCUT2D eigenvalue weighted by Crippen LogP contribution is 2.27. The van der Waals surface area contributed by atoms with E-state index < -0.39 is 19.8 Å². The van der Waals surface area contributed by atoms with Crippen LogP contribution in [-0.2, 0) is 9.05 Å².